The number of benzene rings is 1. The normalized spacial score (nSPS) is 18.7. The first-order valence-corrected chi connectivity index (χ1v) is 8.94. The summed E-state index contributed by atoms with van der Waals surface area (Å²) < 4.78 is 31.6. The number of hydrogen-bond donors (Lipinski definition) is 0. The molecule has 1 saturated heterocycles. The molecule has 0 aliphatic carbocycles. The van der Waals surface area contributed by atoms with E-state index < -0.39 is 18.3 Å². The van der Waals surface area contributed by atoms with E-state index >= 15 is 0 Å². The molecule has 0 atom stereocenters. The Hall–Kier alpha value is -1.63. The van der Waals surface area contributed by atoms with Crippen LogP contribution < -0.4 is 5.46 Å². The van der Waals surface area contributed by atoms with Crippen molar-refractivity contribution in [3.05, 3.63) is 53.2 Å². The smallest absolute Gasteiger partial charge is 0.469 e. The molecule has 6 heteroatoms. The summed E-state index contributed by atoms with van der Waals surface area (Å²) in [7, 11) is 1.46. The average molecular weight is 359 g/mol. The Labute approximate surface area is 155 Å². The maximum absolute atomic E-state index is 13.9. The molecule has 1 aliphatic rings. The van der Waals surface area contributed by atoms with E-state index in [1.807, 2.05) is 53.8 Å². The Balaban J connectivity index is 1.82. The molecule has 1 aromatic heterocycles. The molecule has 0 unspecified atom stereocenters. The van der Waals surface area contributed by atoms with Crippen LogP contribution in [0.1, 0.15) is 44.6 Å². The van der Waals surface area contributed by atoms with Gasteiger partial charge in [-0.25, -0.2) is 4.39 Å². The zero-order chi connectivity index (χ0) is 19.1. The second kappa shape index (κ2) is 6.84. The van der Waals surface area contributed by atoms with Crippen LogP contribution in [0.15, 0.2) is 34.9 Å². The molecule has 1 fully saturated rings. The van der Waals surface area contributed by atoms with Crippen LogP contribution in [0.5, 0.6) is 0 Å². The van der Waals surface area contributed by atoms with Gasteiger partial charge >= 0.3 is 7.12 Å². The van der Waals surface area contributed by atoms with E-state index in [-0.39, 0.29) is 5.82 Å². The van der Waals surface area contributed by atoms with Crippen molar-refractivity contribution in [2.75, 3.05) is 7.05 Å². The monoisotopic (exact) mass is 359 g/mol. The highest BCUT2D eigenvalue weighted by Gasteiger charge is 2.52. The highest BCUT2D eigenvalue weighted by atomic mass is 19.1. The fourth-order valence-electron chi connectivity index (χ4n) is 3.11. The number of furan rings is 1. The van der Waals surface area contributed by atoms with Gasteiger partial charge in [0.1, 0.15) is 11.6 Å². The summed E-state index contributed by atoms with van der Waals surface area (Å²) in [5.74, 6) is 0.633. The van der Waals surface area contributed by atoms with Crippen molar-refractivity contribution in [2.24, 2.45) is 0 Å². The molecular formula is C20H27BFNO3. The lowest BCUT2D eigenvalue weighted by atomic mass is 9.75. The van der Waals surface area contributed by atoms with Gasteiger partial charge < -0.3 is 13.7 Å². The van der Waals surface area contributed by atoms with Crippen LogP contribution in [0.25, 0.3) is 0 Å². The molecule has 0 saturated carbocycles. The first-order valence-electron chi connectivity index (χ1n) is 8.94. The Morgan fingerprint density at radius 3 is 2.19 bits per heavy atom. The molecule has 0 radical (unpaired) electrons. The van der Waals surface area contributed by atoms with Crippen LogP contribution >= 0.6 is 0 Å². The topological polar surface area (TPSA) is 34.8 Å². The van der Waals surface area contributed by atoms with Crippen molar-refractivity contribution in [2.45, 2.75) is 58.9 Å². The quantitative estimate of drug-likeness (QED) is 0.764. The maximum atomic E-state index is 13.9. The van der Waals surface area contributed by atoms with Gasteiger partial charge in [-0.3, -0.25) is 4.90 Å². The van der Waals surface area contributed by atoms with E-state index in [9.17, 15) is 4.39 Å². The Kier molecular flexibility index (Phi) is 5.03. The van der Waals surface area contributed by atoms with E-state index in [2.05, 4.69) is 4.90 Å². The summed E-state index contributed by atoms with van der Waals surface area (Å²) in [6.07, 6.45) is 1.70. The van der Waals surface area contributed by atoms with Crippen LogP contribution in [-0.2, 0) is 22.4 Å². The molecule has 4 nitrogen and oxygen atoms in total. The summed E-state index contributed by atoms with van der Waals surface area (Å²) in [6.45, 7) is 11.4. The minimum atomic E-state index is -0.574. The average Bonchev–Trinajstić information content (AvgIpc) is 3.01. The predicted octanol–water partition coefficient (Wildman–Crippen LogP) is 3.66. The molecule has 1 aliphatic heterocycles. The van der Waals surface area contributed by atoms with Gasteiger partial charge in [-0.15, -0.1) is 0 Å². The number of halogens is 1. The van der Waals surface area contributed by atoms with Gasteiger partial charge in [-0.1, -0.05) is 6.07 Å². The van der Waals surface area contributed by atoms with Gasteiger partial charge in [-0.2, -0.15) is 0 Å². The Morgan fingerprint density at radius 2 is 1.62 bits per heavy atom. The van der Waals surface area contributed by atoms with Gasteiger partial charge in [0.25, 0.3) is 0 Å². The van der Waals surface area contributed by atoms with Crippen molar-refractivity contribution in [3.8, 4) is 0 Å². The van der Waals surface area contributed by atoms with Crippen LogP contribution in [0.4, 0.5) is 4.39 Å². The van der Waals surface area contributed by atoms with Gasteiger partial charge in [-0.05, 0) is 70.9 Å². The number of hydrogen-bond acceptors (Lipinski definition) is 4. The summed E-state index contributed by atoms with van der Waals surface area (Å²) in [6, 6.07) is 6.80. The lowest BCUT2D eigenvalue weighted by molar-refractivity contribution is 0.00578. The lowest BCUT2D eigenvalue weighted by Crippen LogP contribution is -2.41. The van der Waals surface area contributed by atoms with Crippen molar-refractivity contribution in [1.29, 1.82) is 0 Å². The third-order valence-corrected chi connectivity index (χ3v) is 5.46. The molecule has 1 aromatic carbocycles. The molecule has 0 N–H and O–H groups in total. The minimum Gasteiger partial charge on any atom is -0.469 e. The lowest BCUT2D eigenvalue weighted by Gasteiger charge is -2.32. The first kappa shape index (κ1) is 19.1. The van der Waals surface area contributed by atoms with Gasteiger partial charge in [0.05, 0.1) is 17.5 Å². The third-order valence-electron chi connectivity index (χ3n) is 5.46. The van der Waals surface area contributed by atoms with Crippen LogP contribution in [0.2, 0.25) is 0 Å². The third kappa shape index (κ3) is 3.73. The molecule has 140 valence electrons. The number of nitrogens with zero attached hydrogens (tertiary/aromatic N) is 1. The fraction of sp³-hybridized carbons (Fsp3) is 0.500. The second-order valence-electron chi connectivity index (χ2n) is 8.11. The highest BCUT2D eigenvalue weighted by molar-refractivity contribution is 6.62. The van der Waals surface area contributed by atoms with E-state index in [0.29, 0.717) is 6.54 Å². The van der Waals surface area contributed by atoms with Gasteiger partial charge in [0.15, 0.2) is 0 Å². The molecule has 26 heavy (non-hydrogen) atoms. The number of rotatable bonds is 5. The van der Waals surface area contributed by atoms with Gasteiger partial charge in [0.2, 0.25) is 0 Å². The molecule has 0 spiro atoms. The number of aryl methyl sites for hydroxylation is 1. The summed E-state index contributed by atoms with van der Waals surface area (Å²) in [5, 5.41) is 0. The summed E-state index contributed by atoms with van der Waals surface area (Å²) in [5.41, 5.74) is 1.97. The molecule has 3 rings (SSSR count). The Morgan fingerprint density at radius 1 is 1.00 bits per heavy atom. The van der Waals surface area contributed by atoms with E-state index in [1.165, 1.54) is 12.1 Å². The second-order valence-corrected chi connectivity index (χ2v) is 8.11. The first-order chi connectivity index (χ1) is 12.1. The van der Waals surface area contributed by atoms with Crippen molar-refractivity contribution >= 4 is 12.6 Å². The van der Waals surface area contributed by atoms with Gasteiger partial charge in [0, 0.05) is 18.7 Å². The SMILES string of the molecule is Cc1occc1CN(C)Cc1ccc(F)cc1B1OC(C)(C)C(C)(C)O1. The van der Waals surface area contributed by atoms with E-state index in [0.717, 1.165) is 28.9 Å². The van der Waals surface area contributed by atoms with Crippen LogP contribution in [-0.4, -0.2) is 30.3 Å². The fourth-order valence-corrected chi connectivity index (χ4v) is 3.11. The molecule has 0 bridgehead atoms. The summed E-state index contributed by atoms with van der Waals surface area (Å²) >= 11 is 0. The highest BCUT2D eigenvalue weighted by Crippen LogP contribution is 2.36. The van der Waals surface area contributed by atoms with Crippen molar-refractivity contribution < 1.29 is 18.1 Å². The predicted molar refractivity (Wildman–Crippen MR) is 101 cm³/mol. The molecular weight excluding hydrogens is 332 g/mol. The largest absolute Gasteiger partial charge is 0.495 e. The van der Waals surface area contributed by atoms with Crippen LogP contribution in [0.3, 0.4) is 0 Å². The van der Waals surface area contributed by atoms with E-state index in [4.69, 9.17) is 13.7 Å². The molecule has 2 heterocycles. The summed E-state index contributed by atoms with van der Waals surface area (Å²) in [4.78, 5) is 2.17. The van der Waals surface area contributed by atoms with Crippen molar-refractivity contribution in [1.82, 2.24) is 4.90 Å². The van der Waals surface area contributed by atoms with Crippen molar-refractivity contribution in [3.63, 3.8) is 0 Å². The standard InChI is InChI=1S/C20H27BFNO3/c1-14-15(9-10-24-14)12-23(6)13-16-7-8-17(22)11-18(16)21-25-19(2,3)20(4,5)26-21/h7-11H,12-13H2,1-6H3. The molecule has 0 amide bonds. The maximum Gasteiger partial charge on any atom is 0.495 e. The zero-order valence-corrected chi connectivity index (χ0v) is 16.4. The Bertz CT molecular complexity index is 771. The van der Waals surface area contributed by atoms with E-state index in [1.54, 1.807) is 6.26 Å². The van der Waals surface area contributed by atoms with Crippen LogP contribution in [0, 0.1) is 12.7 Å². The minimum absolute atomic E-state index is 0.285. The molecule has 2 aromatic rings. The zero-order valence-electron chi connectivity index (χ0n) is 16.4.